The van der Waals surface area contributed by atoms with Crippen molar-refractivity contribution in [3.05, 3.63) is 17.9 Å². The second-order valence-electron chi connectivity index (χ2n) is 4.61. The molecular weight excluding hydrogens is 224 g/mol. The van der Waals surface area contributed by atoms with Gasteiger partial charge in [-0.25, -0.2) is 0 Å². The van der Waals surface area contributed by atoms with Crippen molar-refractivity contribution in [1.82, 2.24) is 0 Å². The van der Waals surface area contributed by atoms with E-state index in [1.165, 1.54) is 45.4 Å². The molecule has 0 amide bonds. The van der Waals surface area contributed by atoms with Crippen molar-refractivity contribution < 1.29 is 9.53 Å². The van der Waals surface area contributed by atoms with E-state index in [9.17, 15) is 4.79 Å². The van der Waals surface area contributed by atoms with Gasteiger partial charge < -0.3 is 4.74 Å². The molecule has 0 aliphatic heterocycles. The van der Waals surface area contributed by atoms with Crippen molar-refractivity contribution in [2.45, 2.75) is 71.6 Å². The Morgan fingerprint density at radius 1 is 1.00 bits per heavy atom. The molecule has 0 aromatic carbocycles. The van der Waals surface area contributed by atoms with Crippen LogP contribution in [0.3, 0.4) is 0 Å². The third-order valence-corrected chi connectivity index (χ3v) is 2.72. The fraction of sp³-hybridized carbons (Fsp3) is 0.750. The van der Waals surface area contributed by atoms with Gasteiger partial charge >= 0.3 is 5.97 Å². The van der Waals surface area contributed by atoms with Crippen LogP contribution in [0.25, 0.3) is 0 Å². The van der Waals surface area contributed by atoms with Gasteiger partial charge in [0.1, 0.15) is 0 Å². The number of ether oxygens (including phenoxy) is 1. The molecule has 0 fully saturated rings. The molecule has 18 heavy (non-hydrogen) atoms. The van der Waals surface area contributed by atoms with Gasteiger partial charge in [-0.05, 0) is 37.8 Å². The van der Waals surface area contributed by atoms with Gasteiger partial charge in [0.15, 0.2) is 0 Å². The molecule has 104 valence electrons. The van der Waals surface area contributed by atoms with Gasteiger partial charge in [-0.1, -0.05) is 39.0 Å². The van der Waals surface area contributed by atoms with Gasteiger partial charge in [0.25, 0.3) is 0 Å². The molecule has 0 atom stereocenters. The lowest BCUT2D eigenvalue weighted by atomic mass is 10.1. The Kier molecular flexibility index (Phi) is 13.3. The van der Waals surface area contributed by atoms with Crippen LogP contribution in [-0.2, 0) is 9.53 Å². The average molecular weight is 252 g/mol. The van der Waals surface area contributed by atoms with Crippen LogP contribution < -0.4 is 0 Å². The van der Waals surface area contributed by atoms with Gasteiger partial charge in [0.05, 0.1) is 6.61 Å². The van der Waals surface area contributed by atoms with Crippen molar-refractivity contribution in [2.24, 2.45) is 0 Å². The average Bonchev–Trinajstić information content (AvgIpc) is 2.34. The Balaban J connectivity index is 3.12. The fourth-order valence-electron chi connectivity index (χ4n) is 1.67. The quantitative estimate of drug-likeness (QED) is 0.300. The maximum absolute atomic E-state index is 10.5. The van der Waals surface area contributed by atoms with Crippen LogP contribution in [0.15, 0.2) is 17.9 Å². The van der Waals surface area contributed by atoms with Crippen molar-refractivity contribution >= 4 is 5.97 Å². The summed E-state index contributed by atoms with van der Waals surface area (Å²) in [6, 6.07) is 0. The van der Waals surface area contributed by atoms with Crippen molar-refractivity contribution in [2.75, 3.05) is 6.61 Å². The first kappa shape index (κ1) is 17.0. The molecule has 0 saturated carbocycles. The molecule has 0 unspecified atom stereocenters. The zero-order valence-corrected chi connectivity index (χ0v) is 12.0. The number of carbonyl (C=O) groups excluding carboxylic acids is 1. The lowest BCUT2D eigenvalue weighted by molar-refractivity contribution is -0.141. The standard InChI is InChI=1S/C16H28O2/c1-3-4-5-6-7-8-9-10-11-12-13-14-15-18-16(2)17/h5,7H,3-4,8-15H2,1-2H3. The number of hydrogen-bond acceptors (Lipinski definition) is 2. The summed E-state index contributed by atoms with van der Waals surface area (Å²) in [6.07, 6.45) is 15.0. The topological polar surface area (TPSA) is 26.3 Å². The second kappa shape index (κ2) is 14.1. The van der Waals surface area contributed by atoms with Gasteiger partial charge in [-0.2, -0.15) is 0 Å². The van der Waals surface area contributed by atoms with Crippen LogP contribution in [0.5, 0.6) is 0 Å². The summed E-state index contributed by atoms with van der Waals surface area (Å²) in [5.41, 5.74) is 3.22. The lowest BCUT2D eigenvalue weighted by Gasteiger charge is -2.01. The summed E-state index contributed by atoms with van der Waals surface area (Å²) in [5.74, 6) is -0.169. The van der Waals surface area contributed by atoms with Crippen LogP contribution in [0.2, 0.25) is 0 Å². The Bertz CT molecular complexity index is 250. The fourth-order valence-corrected chi connectivity index (χ4v) is 1.67. The van der Waals surface area contributed by atoms with E-state index < -0.39 is 0 Å². The Morgan fingerprint density at radius 2 is 1.61 bits per heavy atom. The van der Waals surface area contributed by atoms with E-state index in [0.717, 1.165) is 19.3 Å². The summed E-state index contributed by atoms with van der Waals surface area (Å²) in [7, 11) is 0. The summed E-state index contributed by atoms with van der Waals surface area (Å²) in [5, 5.41) is 0. The number of allylic oxidation sites excluding steroid dienone is 1. The van der Waals surface area contributed by atoms with Crippen LogP contribution >= 0.6 is 0 Å². The molecule has 2 nitrogen and oxygen atoms in total. The van der Waals surface area contributed by atoms with Crippen LogP contribution in [0.4, 0.5) is 0 Å². The molecular formula is C16H28O2. The van der Waals surface area contributed by atoms with E-state index in [2.05, 4.69) is 24.8 Å². The van der Waals surface area contributed by atoms with Gasteiger partial charge in [-0.3, -0.25) is 4.79 Å². The Labute approximate surface area is 112 Å². The van der Waals surface area contributed by atoms with Gasteiger partial charge in [-0.15, -0.1) is 5.73 Å². The second-order valence-corrected chi connectivity index (χ2v) is 4.61. The summed E-state index contributed by atoms with van der Waals surface area (Å²) in [4.78, 5) is 10.5. The Hall–Kier alpha value is -1.01. The minimum atomic E-state index is -0.169. The molecule has 0 spiro atoms. The maximum Gasteiger partial charge on any atom is 0.302 e. The summed E-state index contributed by atoms with van der Waals surface area (Å²) < 4.78 is 4.88. The highest BCUT2D eigenvalue weighted by Crippen LogP contribution is 2.07. The lowest BCUT2D eigenvalue weighted by Crippen LogP contribution is -1.99. The minimum absolute atomic E-state index is 0.169. The van der Waals surface area contributed by atoms with Crippen molar-refractivity contribution in [3.8, 4) is 0 Å². The molecule has 0 saturated heterocycles. The molecule has 0 aliphatic rings. The van der Waals surface area contributed by atoms with E-state index in [1.807, 2.05) is 0 Å². The highest BCUT2D eigenvalue weighted by molar-refractivity contribution is 5.65. The van der Waals surface area contributed by atoms with Crippen LogP contribution in [0.1, 0.15) is 71.6 Å². The normalized spacial score (nSPS) is 9.67. The SMILES string of the molecule is CCCC=C=CCCCCCCCCOC(C)=O. The first-order valence-corrected chi connectivity index (χ1v) is 7.30. The molecule has 0 aliphatic carbocycles. The van der Waals surface area contributed by atoms with E-state index in [1.54, 1.807) is 0 Å². The van der Waals surface area contributed by atoms with Crippen molar-refractivity contribution in [1.29, 1.82) is 0 Å². The number of carbonyl (C=O) groups is 1. The van der Waals surface area contributed by atoms with E-state index in [4.69, 9.17) is 4.74 Å². The zero-order valence-electron chi connectivity index (χ0n) is 12.0. The smallest absolute Gasteiger partial charge is 0.302 e. The maximum atomic E-state index is 10.5. The summed E-state index contributed by atoms with van der Waals surface area (Å²) in [6.45, 7) is 4.22. The molecule has 0 rings (SSSR count). The molecule has 2 heteroatoms. The predicted octanol–water partition coefficient (Wildman–Crippen LogP) is 4.79. The highest BCUT2D eigenvalue weighted by atomic mass is 16.5. The van der Waals surface area contributed by atoms with Gasteiger partial charge in [0, 0.05) is 6.92 Å². The predicted molar refractivity (Wildman–Crippen MR) is 76.5 cm³/mol. The molecule has 0 radical (unpaired) electrons. The molecule has 0 bridgehead atoms. The zero-order chi connectivity index (χ0) is 13.5. The van der Waals surface area contributed by atoms with E-state index in [0.29, 0.717) is 6.61 Å². The third-order valence-electron chi connectivity index (χ3n) is 2.72. The highest BCUT2D eigenvalue weighted by Gasteiger charge is 1.93. The van der Waals surface area contributed by atoms with Crippen LogP contribution in [-0.4, -0.2) is 12.6 Å². The van der Waals surface area contributed by atoms with Crippen molar-refractivity contribution in [3.63, 3.8) is 0 Å². The number of unbranched alkanes of at least 4 members (excludes halogenated alkanes) is 7. The van der Waals surface area contributed by atoms with Gasteiger partial charge in [0.2, 0.25) is 0 Å². The third kappa shape index (κ3) is 15.0. The summed E-state index contributed by atoms with van der Waals surface area (Å²) >= 11 is 0. The largest absolute Gasteiger partial charge is 0.466 e. The molecule has 0 aromatic heterocycles. The van der Waals surface area contributed by atoms with E-state index >= 15 is 0 Å². The molecule has 0 N–H and O–H groups in total. The number of esters is 1. The Morgan fingerprint density at radius 3 is 2.28 bits per heavy atom. The monoisotopic (exact) mass is 252 g/mol. The molecule has 0 heterocycles. The molecule has 0 aromatic rings. The first-order chi connectivity index (χ1) is 8.77. The van der Waals surface area contributed by atoms with Crippen LogP contribution in [0, 0.1) is 0 Å². The number of rotatable bonds is 11. The number of hydrogen-bond donors (Lipinski definition) is 0. The van der Waals surface area contributed by atoms with E-state index in [-0.39, 0.29) is 5.97 Å². The first-order valence-electron chi connectivity index (χ1n) is 7.30. The minimum Gasteiger partial charge on any atom is -0.466 e.